The molecule has 44 heavy (non-hydrogen) atoms. The van der Waals surface area contributed by atoms with E-state index in [1.54, 1.807) is 6.20 Å². The van der Waals surface area contributed by atoms with Crippen LogP contribution in [0.1, 0.15) is 65.0 Å². The van der Waals surface area contributed by atoms with Crippen LogP contribution in [0.25, 0.3) is 11.4 Å². The number of nitrogens with zero attached hydrogens (tertiary/aromatic N) is 10. The fourth-order valence-corrected chi connectivity index (χ4v) is 6.29. The van der Waals surface area contributed by atoms with Crippen LogP contribution in [0.3, 0.4) is 0 Å². The third-order valence-corrected chi connectivity index (χ3v) is 9.00. The van der Waals surface area contributed by atoms with Crippen molar-refractivity contribution in [2.75, 3.05) is 55.7 Å². The van der Waals surface area contributed by atoms with Crippen LogP contribution in [-0.2, 0) is 15.0 Å². The number of rotatable bonds is 8. The molecule has 0 N–H and O–H groups in total. The van der Waals surface area contributed by atoms with E-state index in [1.165, 1.54) is 25.7 Å². The lowest BCUT2D eigenvalue weighted by Crippen LogP contribution is -2.54. The summed E-state index contributed by atoms with van der Waals surface area (Å²) in [6.07, 6.45) is 11.9. The lowest BCUT2D eigenvalue weighted by atomic mass is 9.93. The van der Waals surface area contributed by atoms with Gasteiger partial charge in [0.2, 0.25) is 0 Å². The van der Waals surface area contributed by atoms with Gasteiger partial charge >= 0.3 is 6.09 Å². The second kappa shape index (κ2) is 11.6. The maximum Gasteiger partial charge on any atom is 0.410 e. The molecule has 0 radical (unpaired) electrons. The molecule has 4 fully saturated rings. The number of ether oxygens (including phenoxy) is 2. The summed E-state index contributed by atoms with van der Waals surface area (Å²) in [5.41, 5.74) is 1.03. The predicted molar refractivity (Wildman–Crippen MR) is 163 cm³/mol. The Kier molecular flexibility index (Phi) is 7.59. The summed E-state index contributed by atoms with van der Waals surface area (Å²) in [5.74, 6) is 2.26. The van der Waals surface area contributed by atoms with Crippen LogP contribution in [0.5, 0.6) is 0 Å². The molecule has 3 saturated heterocycles. The fraction of sp³-hybridized carbons (Fsp3) is 0.645. The second-order valence-electron chi connectivity index (χ2n) is 13.6. The first-order chi connectivity index (χ1) is 21.3. The van der Waals surface area contributed by atoms with E-state index in [9.17, 15) is 4.79 Å². The van der Waals surface area contributed by atoms with Gasteiger partial charge < -0.3 is 24.2 Å². The molecule has 0 unspecified atom stereocenters. The highest BCUT2D eigenvalue weighted by atomic mass is 16.6. The quantitative estimate of drug-likeness (QED) is 0.376. The number of piperidine rings is 1. The molecule has 4 aliphatic rings. The first-order valence-corrected chi connectivity index (χ1v) is 15.9. The number of amides is 1. The first-order valence-electron chi connectivity index (χ1n) is 15.9. The molecule has 1 saturated carbocycles. The normalized spacial score (nSPS) is 21.7. The Balaban J connectivity index is 1.06. The summed E-state index contributed by atoms with van der Waals surface area (Å²) in [7, 11) is 0. The zero-order valence-electron chi connectivity index (χ0n) is 25.9. The Morgan fingerprint density at radius 1 is 0.977 bits per heavy atom. The molecule has 1 atom stereocenters. The number of hydrogen-bond acceptors (Lipinski definition) is 11. The molecule has 0 bridgehead atoms. The predicted octanol–water partition coefficient (Wildman–Crippen LogP) is 3.52. The second-order valence-corrected chi connectivity index (χ2v) is 13.6. The van der Waals surface area contributed by atoms with Crippen LogP contribution in [0.4, 0.5) is 16.4 Å². The highest BCUT2D eigenvalue weighted by Gasteiger charge is 2.46. The summed E-state index contributed by atoms with van der Waals surface area (Å²) >= 11 is 0. The number of carbonyl (C=O) groups is 1. The molecule has 3 aliphatic heterocycles. The molecule has 13 heteroatoms. The van der Waals surface area contributed by atoms with Crippen molar-refractivity contribution in [2.24, 2.45) is 5.92 Å². The van der Waals surface area contributed by atoms with Crippen LogP contribution >= 0.6 is 0 Å². The Morgan fingerprint density at radius 2 is 1.77 bits per heavy atom. The molecule has 1 aliphatic carbocycles. The minimum Gasteiger partial charge on any atom is -0.444 e. The zero-order valence-corrected chi connectivity index (χ0v) is 25.9. The van der Waals surface area contributed by atoms with Gasteiger partial charge in [0, 0.05) is 32.7 Å². The van der Waals surface area contributed by atoms with Crippen molar-refractivity contribution in [1.29, 1.82) is 0 Å². The molecule has 1 amide bonds. The van der Waals surface area contributed by atoms with Crippen molar-refractivity contribution < 1.29 is 14.3 Å². The molecular formula is C31H42N10O3. The van der Waals surface area contributed by atoms with Crippen molar-refractivity contribution in [3.63, 3.8) is 0 Å². The summed E-state index contributed by atoms with van der Waals surface area (Å²) in [5, 5.41) is 18.3. The monoisotopic (exact) mass is 602 g/mol. The number of hydrogen-bond donors (Lipinski definition) is 0. The molecule has 13 nitrogen and oxygen atoms in total. The van der Waals surface area contributed by atoms with E-state index in [-0.39, 0.29) is 12.1 Å². The first kappa shape index (κ1) is 28.9. The van der Waals surface area contributed by atoms with Gasteiger partial charge in [0.1, 0.15) is 22.8 Å². The van der Waals surface area contributed by atoms with E-state index < -0.39 is 11.1 Å². The van der Waals surface area contributed by atoms with Crippen molar-refractivity contribution in [3.8, 4) is 11.4 Å². The Morgan fingerprint density at radius 3 is 2.45 bits per heavy atom. The average molecular weight is 603 g/mol. The van der Waals surface area contributed by atoms with Crippen LogP contribution < -0.4 is 9.80 Å². The minimum atomic E-state index is -0.584. The molecule has 0 aromatic carbocycles. The van der Waals surface area contributed by atoms with Crippen molar-refractivity contribution in [1.82, 2.24) is 40.1 Å². The zero-order chi connectivity index (χ0) is 30.3. The van der Waals surface area contributed by atoms with Gasteiger partial charge in [-0.1, -0.05) is 5.21 Å². The lowest BCUT2D eigenvalue weighted by molar-refractivity contribution is -0.0855. The molecule has 6 heterocycles. The van der Waals surface area contributed by atoms with E-state index in [0.29, 0.717) is 37.1 Å². The largest absolute Gasteiger partial charge is 0.444 e. The highest BCUT2D eigenvalue weighted by Crippen LogP contribution is 2.35. The molecular weight excluding hydrogens is 560 g/mol. The molecule has 7 rings (SSSR count). The van der Waals surface area contributed by atoms with Crippen molar-refractivity contribution in [2.45, 2.75) is 76.5 Å². The molecule has 3 aromatic heterocycles. The van der Waals surface area contributed by atoms with Gasteiger partial charge in [0.25, 0.3) is 0 Å². The van der Waals surface area contributed by atoms with Crippen molar-refractivity contribution >= 4 is 17.7 Å². The number of anilines is 2. The maximum absolute atomic E-state index is 13.2. The Labute approximate surface area is 257 Å². The minimum absolute atomic E-state index is 0.0766. The van der Waals surface area contributed by atoms with Crippen LogP contribution in [-0.4, -0.2) is 104 Å². The van der Waals surface area contributed by atoms with Gasteiger partial charge in [-0.15, -0.1) is 10.2 Å². The van der Waals surface area contributed by atoms with Crippen LogP contribution in [0.15, 0.2) is 30.7 Å². The van der Waals surface area contributed by atoms with Crippen molar-refractivity contribution in [3.05, 3.63) is 36.4 Å². The topological polar surface area (TPSA) is 128 Å². The third-order valence-electron chi connectivity index (χ3n) is 9.00. The standard InChI is InChI=1S/C31H42N10O3/c1-30(2,3)44-29(42)40(17-22-8-9-22)23-7-6-14-39(18-23)27-11-10-26(35-36-27)31(20-43-21-31)41-19-25(34-37-41)24-15-32-16-28(33-24)38-12-4-5-13-38/h10-11,15-16,19,22-23H,4-9,12-14,17-18,20-21H2,1-3H3/t23-/m1/s1. The van der Waals surface area contributed by atoms with E-state index in [2.05, 4.69) is 35.3 Å². The van der Waals surface area contributed by atoms with Crippen LogP contribution in [0.2, 0.25) is 0 Å². The summed E-state index contributed by atoms with van der Waals surface area (Å²) in [6, 6.07) is 4.11. The summed E-state index contributed by atoms with van der Waals surface area (Å²) in [6.45, 7) is 11.0. The highest BCUT2D eigenvalue weighted by molar-refractivity contribution is 5.69. The fourth-order valence-electron chi connectivity index (χ4n) is 6.29. The van der Waals surface area contributed by atoms with Gasteiger partial charge in [0.15, 0.2) is 11.4 Å². The number of aromatic nitrogens is 7. The van der Waals surface area contributed by atoms with Gasteiger partial charge in [-0.3, -0.25) is 4.98 Å². The average Bonchev–Trinajstić information content (AvgIpc) is 3.41. The molecule has 0 spiro atoms. The van der Waals surface area contributed by atoms with Gasteiger partial charge in [-0.2, -0.15) is 5.10 Å². The Hall–Kier alpha value is -3.87. The number of carbonyl (C=O) groups excluding carboxylic acids is 1. The van der Waals surface area contributed by atoms with Gasteiger partial charge in [-0.25, -0.2) is 14.5 Å². The molecule has 3 aromatic rings. The summed E-state index contributed by atoms with van der Waals surface area (Å²) in [4.78, 5) is 28.9. The van der Waals surface area contributed by atoms with E-state index in [0.717, 1.165) is 56.4 Å². The van der Waals surface area contributed by atoms with E-state index in [1.807, 2.05) is 54.9 Å². The van der Waals surface area contributed by atoms with Gasteiger partial charge in [0.05, 0.1) is 43.5 Å². The molecule has 234 valence electrons. The van der Waals surface area contributed by atoms with Crippen LogP contribution in [0, 0.1) is 5.92 Å². The smallest absolute Gasteiger partial charge is 0.410 e. The summed E-state index contributed by atoms with van der Waals surface area (Å²) < 4.78 is 13.3. The van der Waals surface area contributed by atoms with E-state index >= 15 is 0 Å². The SMILES string of the molecule is CC(C)(C)OC(=O)N(CC1CC1)[C@@H]1CCCN(c2ccc(C3(n4cc(-c5cncc(N6CCCC6)n5)nn4)COC3)nn2)C1. The maximum atomic E-state index is 13.2. The lowest BCUT2D eigenvalue weighted by Gasteiger charge is -2.41. The van der Waals surface area contributed by atoms with E-state index in [4.69, 9.17) is 14.5 Å². The third kappa shape index (κ3) is 5.93. The van der Waals surface area contributed by atoms with Gasteiger partial charge in [-0.05, 0) is 77.3 Å². The Bertz CT molecular complexity index is 1460.